The summed E-state index contributed by atoms with van der Waals surface area (Å²) >= 11 is 0. The van der Waals surface area contributed by atoms with E-state index in [-0.39, 0.29) is 17.9 Å². The van der Waals surface area contributed by atoms with Crippen LogP contribution in [0.1, 0.15) is 49.3 Å². The summed E-state index contributed by atoms with van der Waals surface area (Å²) in [6.45, 7) is 1.78. The molecule has 0 spiro atoms. The molecular formula is C25H33N2O3+. The number of likely N-dealkylation sites (tertiary alicyclic amines) is 1. The van der Waals surface area contributed by atoms with Crippen LogP contribution in [-0.4, -0.2) is 36.8 Å². The van der Waals surface area contributed by atoms with Gasteiger partial charge in [-0.15, -0.1) is 0 Å². The third kappa shape index (κ3) is 4.52. The van der Waals surface area contributed by atoms with Gasteiger partial charge in [0.05, 0.1) is 19.3 Å². The largest absolute Gasteiger partial charge is 0.497 e. The van der Waals surface area contributed by atoms with E-state index in [1.165, 1.54) is 10.5 Å². The molecule has 3 N–H and O–H groups in total. The lowest BCUT2D eigenvalue weighted by Gasteiger charge is -2.50. The second-order valence-corrected chi connectivity index (χ2v) is 8.80. The van der Waals surface area contributed by atoms with Gasteiger partial charge in [0.2, 0.25) is 0 Å². The van der Waals surface area contributed by atoms with Gasteiger partial charge in [-0.1, -0.05) is 43.2 Å². The Morgan fingerprint density at radius 2 is 1.90 bits per heavy atom. The van der Waals surface area contributed by atoms with E-state index in [9.17, 15) is 9.90 Å². The van der Waals surface area contributed by atoms with E-state index >= 15 is 0 Å². The third-order valence-corrected chi connectivity index (χ3v) is 6.98. The fraction of sp³-hybridized carbons (Fsp3) is 0.480. The highest BCUT2D eigenvalue weighted by Crippen LogP contribution is 2.44. The average molecular weight is 410 g/mol. The number of carbonyl (C=O) groups excluding carboxylic acids is 1. The lowest BCUT2D eigenvalue weighted by molar-refractivity contribution is -0.937. The first-order valence-corrected chi connectivity index (χ1v) is 11.1. The molecule has 1 unspecified atom stereocenters. The maximum atomic E-state index is 12.8. The Labute approximate surface area is 179 Å². The molecule has 160 valence electrons. The highest BCUT2D eigenvalue weighted by molar-refractivity contribution is 5.76. The van der Waals surface area contributed by atoms with Gasteiger partial charge in [0.1, 0.15) is 11.8 Å². The highest BCUT2D eigenvalue weighted by Gasteiger charge is 2.51. The number of hydrogen-bond donors (Lipinski definition) is 3. The molecular weight excluding hydrogens is 376 g/mol. The number of aliphatic hydroxyl groups is 1. The van der Waals surface area contributed by atoms with E-state index < -0.39 is 5.60 Å². The summed E-state index contributed by atoms with van der Waals surface area (Å²) in [5.41, 5.74) is 1.69. The van der Waals surface area contributed by atoms with E-state index in [1.54, 1.807) is 7.11 Å². The first-order chi connectivity index (χ1) is 14.6. The van der Waals surface area contributed by atoms with Gasteiger partial charge in [0, 0.05) is 24.4 Å². The minimum absolute atomic E-state index is 0.0635. The first-order valence-electron chi connectivity index (χ1n) is 11.1. The number of ether oxygens (including phenoxy) is 1. The molecule has 1 aliphatic heterocycles. The number of hydrogen-bond acceptors (Lipinski definition) is 3. The Morgan fingerprint density at radius 1 is 1.13 bits per heavy atom. The quantitative estimate of drug-likeness (QED) is 0.686. The fourth-order valence-electron chi connectivity index (χ4n) is 5.40. The molecule has 30 heavy (non-hydrogen) atoms. The van der Waals surface area contributed by atoms with E-state index in [0.29, 0.717) is 13.1 Å². The molecule has 0 radical (unpaired) electrons. The molecule has 2 aromatic carbocycles. The van der Waals surface area contributed by atoms with Gasteiger partial charge in [-0.3, -0.25) is 4.79 Å². The number of methoxy groups -OCH3 is 1. The number of quaternary nitrogens is 1. The molecule has 1 heterocycles. The number of piperidine rings is 1. The minimum atomic E-state index is -0.604. The molecule has 4 atom stereocenters. The zero-order valence-electron chi connectivity index (χ0n) is 17.8. The van der Waals surface area contributed by atoms with Crippen LogP contribution in [-0.2, 0) is 11.3 Å². The van der Waals surface area contributed by atoms with Gasteiger partial charge < -0.3 is 20.1 Å². The summed E-state index contributed by atoms with van der Waals surface area (Å²) in [5, 5.41) is 14.5. The number of amides is 1. The zero-order valence-corrected chi connectivity index (χ0v) is 17.8. The predicted octanol–water partition coefficient (Wildman–Crippen LogP) is 2.26. The molecule has 1 amide bonds. The molecule has 0 bridgehead atoms. The lowest BCUT2D eigenvalue weighted by atomic mass is 9.66. The Balaban J connectivity index is 1.51. The molecule has 1 saturated carbocycles. The summed E-state index contributed by atoms with van der Waals surface area (Å²) in [7, 11) is 1.67. The number of nitrogens with one attached hydrogen (secondary N) is 2. The van der Waals surface area contributed by atoms with Crippen LogP contribution in [0.4, 0.5) is 0 Å². The summed E-state index contributed by atoms with van der Waals surface area (Å²) in [4.78, 5) is 14.0. The zero-order chi connectivity index (χ0) is 21.0. The van der Waals surface area contributed by atoms with Crippen LogP contribution in [0.3, 0.4) is 0 Å². The number of benzene rings is 2. The van der Waals surface area contributed by atoms with Gasteiger partial charge >= 0.3 is 0 Å². The average Bonchev–Trinajstić information content (AvgIpc) is 2.78. The van der Waals surface area contributed by atoms with Crippen molar-refractivity contribution in [2.75, 3.05) is 20.2 Å². The van der Waals surface area contributed by atoms with Crippen LogP contribution in [0.2, 0.25) is 0 Å². The molecule has 0 aromatic heterocycles. The second-order valence-electron chi connectivity index (χ2n) is 8.80. The lowest BCUT2D eigenvalue weighted by Crippen LogP contribution is -3.16. The third-order valence-electron chi connectivity index (χ3n) is 6.98. The van der Waals surface area contributed by atoms with E-state index in [0.717, 1.165) is 50.0 Å². The van der Waals surface area contributed by atoms with Gasteiger partial charge in [0.25, 0.3) is 5.91 Å². The van der Waals surface area contributed by atoms with Crippen LogP contribution >= 0.6 is 0 Å². The van der Waals surface area contributed by atoms with Gasteiger partial charge in [-0.05, 0) is 42.7 Å². The highest BCUT2D eigenvalue weighted by atomic mass is 16.5. The van der Waals surface area contributed by atoms with Crippen LogP contribution < -0.4 is 15.0 Å². The van der Waals surface area contributed by atoms with Crippen molar-refractivity contribution in [3.63, 3.8) is 0 Å². The number of carbonyl (C=O) groups is 1. The summed E-state index contributed by atoms with van der Waals surface area (Å²) in [6, 6.07) is 18.3. The van der Waals surface area contributed by atoms with E-state index in [1.807, 2.05) is 42.5 Å². The molecule has 1 aliphatic carbocycles. The van der Waals surface area contributed by atoms with Gasteiger partial charge in [-0.2, -0.15) is 0 Å². The normalized spacial score (nSPS) is 28.4. The molecule has 5 nitrogen and oxygen atoms in total. The van der Waals surface area contributed by atoms with Crippen molar-refractivity contribution in [2.24, 2.45) is 5.92 Å². The van der Waals surface area contributed by atoms with Crippen LogP contribution in [0.15, 0.2) is 54.6 Å². The Morgan fingerprint density at radius 3 is 2.63 bits per heavy atom. The molecule has 2 aliphatic rings. The second kappa shape index (κ2) is 9.19. The van der Waals surface area contributed by atoms with Crippen LogP contribution in [0.25, 0.3) is 0 Å². The van der Waals surface area contributed by atoms with E-state index in [4.69, 9.17) is 4.74 Å². The fourth-order valence-corrected chi connectivity index (χ4v) is 5.40. The maximum Gasteiger partial charge on any atom is 0.275 e. The summed E-state index contributed by atoms with van der Waals surface area (Å²) in [6.07, 6.45) is 4.90. The number of fused-ring (bicyclic) bond motifs is 1. The topological polar surface area (TPSA) is 63.0 Å². The Kier molecular flexibility index (Phi) is 6.40. The van der Waals surface area contributed by atoms with Crippen molar-refractivity contribution in [1.29, 1.82) is 0 Å². The monoisotopic (exact) mass is 409 g/mol. The van der Waals surface area contributed by atoms with E-state index in [2.05, 4.69) is 17.4 Å². The van der Waals surface area contributed by atoms with Gasteiger partial charge in [0.15, 0.2) is 6.54 Å². The standard InChI is InChI=1S/C25H32N2O3/c1-30-21-12-10-20(11-13-21)24-22-9-5-6-14-25(22,29)15-16-27(24)18-23(28)26-17-19-7-3-2-4-8-19/h2-4,7-8,10-13,22,24,29H,5-6,9,14-18H2,1H3,(H,26,28)/p+1/t22-,24-,25-/m0/s1. The molecule has 2 aromatic rings. The molecule has 2 fully saturated rings. The molecule has 5 heteroatoms. The van der Waals surface area contributed by atoms with Crippen molar-refractivity contribution in [3.8, 4) is 5.75 Å². The predicted molar refractivity (Wildman–Crippen MR) is 116 cm³/mol. The summed E-state index contributed by atoms with van der Waals surface area (Å²) in [5.74, 6) is 1.08. The SMILES string of the molecule is COc1ccc([C@H]2[C@@H]3CCCC[C@]3(O)CC[NH+]2CC(=O)NCc2ccccc2)cc1. The van der Waals surface area contributed by atoms with Crippen molar-refractivity contribution in [1.82, 2.24) is 5.32 Å². The van der Waals surface area contributed by atoms with Crippen molar-refractivity contribution < 1.29 is 19.5 Å². The van der Waals surface area contributed by atoms with Crippen molar-refractivity contribution in [3.05, 3.63) is 65.7 Å². The molecule has 4 rings (SSSR count). The summed E-state index contributed by atoms with van der Waals surface area (Å²) < 4.78 is 5.33. The first kappa shape index (κ1) is 20.9. The maximum absolute atomic E-state index is 12.8. The number of rotatable bonds is 6. The van der Waals surface area contributed by atoms with Crippen molar-refractivity contribution >= 4 is 5.91 Å². The Hall–Kier alpha value is -2.37. The van der Waals surface area contributed by atoms with Crippen LogP contribution in [0.5, 0.6) is 5.75 Å². The smallest absolute Gasteiger partial charge is 0.275 e. The molecule has 1 saturated heterocycles. The van der Waals surface area contributed by atoms with Gasteiger partial charge in [-0.25, -0.2) is 0 Å². The van der Waals surface area contributed by atoms with Crippen molar-refractivity contribution in [2.45, 2.75) is 50.3 Å². The Bertz CT molecular complexity index is 839. The minimum Gasteiger partial charge on any atom is -0.497 e. The van der Waals surface area contributed by atoms with Crippen LogP contribution in [0, 0.1) is 5.92 Å².